The van der Waals surface area contributed by atoms with Gasteiger partial charge in [0.25, 0.3) is 0 Å². The van der Waals surface area contributed by atoms with E-state index in [1.54, 1.807) is 25.6 Å². The van der Waals surface area contributed by atoms with Gasteiger partial charge in [-0.05, 0) is 62.8 Å². The van der Waals surface area contributed by atoms with Gasteiger partial charge in [-0.2, -0.15) is 8.75 Å². The van der Waals surface area contributed by atoms with Crippen molar-refractivity contribution in [3.8, 4) is 42.1 Å². The van der Waals surface area contributed by atoms with Gasteiger partial charge in [0.05, 0.1) is 35.7 Å². The summed E-state index contributed by atoms with van der Waals surface area (Å²) in [6, 6.07) is 9.33. The monoisotopic (exact) mass is 638 g/mol. The largest absolute Gasteiger partial charge is 0.492 e. The van der Waals surface area contributed by atoms with Crippen molar-refractivity contribution in [3.05, 3.63) is 45.1 Å². The van der Waals surface area contributed by atoms with Crippen molar-refractivity contribution in [3.63, 3.8) is 0 Å². The Morgan fingerprint density at radius 2 is 1.19 bits per heavy atom. The Kier molecular flexibility index (Phi) is 10.7. The molecular formula is C34H42N2O2S4. The van der Waals surface area contributed by atoms with E-state index in [4.69, 9.17) is 18.2 Å². The van der Waals surface area contributed by atoms with Gasteiger partial charge < -0.3 is 9.47 Å². The van der Waals surface area contributed by atoms with Crippen LogP contribution in [0.4, 0.5) is 0 Å². The molecule has 224 valence electrons. The summed E-state index contributed by atoms with van der Waals surface area (Å²) in [6.45, 7) is 8.91. The van der Waals surface area contributed by atoms with E-state index in [0.717, 1.165) is 40.3 Å². The molecular weight excluding hydrogens is 597 g/mol. The topological polar surface area (TPSA) is 44.2 Å². The Morgan fingerprint density at radius 3 is 1.79 bits per heavy atom. The average Bonchev–Trinajstić information content (AvgIpc) is 3.78. The molecule has 42 heavy (non-hydrogen) atoms. The molecule has 0 amide bonds. The lowest BCUT2D eigenvalue weighted by molar-refractivity contribution is 0.357. The zero-order valence-electron chi connectivity index (χ0n) is 25.7. The van der Waals surface area contributed by atoms with Crippen LogP contribution in [0.2, 0.25) is 0 Å². The van der Waals surface area contributed by atoms with Gasteiger partial charge in [0, 0.05) is 30.6 Å². The van der Waals surface area contributed by atoms with E-state index in [1.807, 2.05) is 22.7 Å². The molecule has 0 N–H and O–H groups in total. The molecule has 0 saturated carbocycles. The number of hydrogen-bond donors (Lipinski definition) is 0. The molecule has 0 atom stereocenters. The Balaban J connectivity index is 1.53. The van der Waals surface area contributed by atoms with Gasteiger partial charge >= 0.3 is 0 Å². The Labute approximate surface area is 267 Å². The fraction of sp³-hybridized carbons (Fsp3) is 0.471. The van der Waals surface area contributed by atoms with Gasteiger partial charge in [-0.3, -0.25) is 0 Å². The summed E-state index contributed by atoms with van der Waals surface area (Å²) >= 11 is 6.82. The minimum absolute atomic E-state index is 0.843. The molecule has 0 unspecified atom stereocenters. The molecule has 0 spiro atoms. The Hall–Kier alpha value is -2.26. The molecule has 4 heterocycles. The number of hydrogen-bond acceptors (Lipinski definition) is 8. The first-order valence-electron chi connectivity index (χ1n) is 15.2. The number of thiophene rings is 3. The van der Waals surface area contributed by atoms with Crippen molar-refractivity contribution in [1.82, 2.24) is 8.75 Å². The van der Waals surface area contributed by atoms with Gasteiger partial charge in [-0.1, -0.05) is 64.5 Å². The molecule has 4 aromatic heterocycles. The molecule has 5 rings (SSSR count). The molecule has 4 nitrogen and oxygen atoms in total. The Bertz CT molecular complexity index is 1620. The molecule has 0 saturated heterocycles. The van der Waals surface area contributed by atoms with Crippen molar-refractivity contribution in [2.24, 2.45) is 0 Å². The number of aromatic nitrogens is 2. The molecule has 0 aliphatic heterocycles. The smallest absolute Gasteiger partial charge is 0.180 e. The van der Waals surface area contributed by atoms with Crippen LogP contribution in [0.1, 0.15) is 86.1 Å². The van der Waals surface area contributed by atoms with E-state index >= 15 is 0 Å². The summed E-state index contributed by atoms with van der Waals surface area (Å²) in [7, 11) is 3.47. The van der Waals surface area contributed by atoms with Crippen LogP contribution >= 0.6 is 45.7 Å². The van der Waals surface area contributed by atoms with E-state index < -0.39 is 0 Å². The average molecular weight is 639 g/mol. The molecule has 0 fully saturated rings. The van der Waals surface area contributed by atoms with Crippen LogP contribution < -0.4 is 9.47 Å². The van der Waals surface area contributed by atoms with Gasteiger partial charge in [0.15, 0.2) is 11.5 Å². The van der Waals surface area contributed by atoms with Gasteiger partial charge in [-0.25, -0.2) is 0 Å². The number of nitrogens with zero attached hydrogens (tertiary/aromatic N) is 2. The minimum atomic E-state index is 0.843. The molecule has 0 aliphatic carbocycles. The van der Waals surface area contributed by atoms with Crippen molar-refractivity contribution in [2.45, 2.75) is 91.9 Å². The molecule has 0 radical (unpaired) electrons. The number of benzene rings is 1. The van der Waals surface area contributed by atoms with Crippen LogP contribution in [0.3, 0.4) is 0 Å². The summed E-state index contributed by atoms with van der Waals surface area (Å²) in [5.41, 5.74) is 7.26. The lowest BCUT2D eigenvalue weighted by atomic mass is 10.0. The Morgan fingerprint density at radius 1 is 0.619 bits per heavy atom. The maximum Gasteiger partial charge on any atom is 0.180 e. The molecule has 1 aromatic carbocycles. The fourth-order valence-electron chi connectivity index (χ4n) is 5.67. The van der Waals surface area contributed by atoms with Crippen LogP contribution in [-0.2, 0) is 12.8 Å². The third-order valence-corrected chi connectivity index (χ3v) is 12.1. The highest BCUT2D eigenvalue weighted by Crippen LogP contribution is 2.52. The van der Waals surface area contributed by atoms with Crippen molar-refractivity contribution >= 4 is 56.8 Å². The van der Waals surface area contributed by atoms with Gasteiger partial charge in [0.1, 0.15) is 11.0 Å². The van der Waals surface area contributed by atoms with E-state index in [9.17, 15) is 0 Å². The number of rotatable bonds is 15. The number of fused-ring (bicyclic) bond motifs is 1. The second-order valence-corrected chi connectivity index (χ2v) is 15.0. The number of unbranched alkanes of at least 4 members (excludes halogenated alkanes) is 6. The summed E-state index contributed by atoms with van der Waals surface area (Å²) < 4.78 is 21.3. The third kappa shape index (κ3) is 6.47. The first-order chi connectivity index (χ1) is 20.5. The van der Waals surface area contributed by atoms with Crippen LogP contribution in [0, 0.1) is 13.8 Å². The predicted molar refractivity (Wildman–Crippen MR) is 186 cm³/mol. The van der Waals surface area contributed by atoms with E-state index in [2.05, 4.69) is 52.0 Å². The standard InChI is InChI=1S/C34H42N2O2S4/c1-7-9-11-13-15-23-19-27(39-21(23)3)25-17-18-26(30-29(25)35-42-36-30)28-20-24(16-14-12-10-8-2)33(41-28)34-32(38-6)31(37-5)22(4)40-34/h17-20H,7-16H2,1-6H3. The first-order valence-corrected chi connectivity index (χ1v) is 18.4. The van der Waals surface area contributed by atoms with Crippen LogP contribution in [0.25, 0.3) is 41.7 Å². The summed E-state index contributed by atoms with van der Waals surface area (Å²) in [5.74, 6) is 1.69. The molecule has 5 aromatic rings. The zero-order valence-corrected chi connectivity index (χ0v) is 29.0. The maximum absolute atomic E-state index is 5.90. The highest BCUT2D eigenvalue weighted by molar-refractivity contribution is 7.24. The van der Waals surface area contributed by atoms with Gasteiger partial charge in [0.2, 0.25) is 0 Å². The molecule has 0 aliphatic rings. The maximum atomic E-state index is 5.90. The lowest BCUT2D eigenvalue weighted by Crippen LogP contribution is -1.90. The van der Waals surface area contributed by atoms with Gasteiger partial charge in [-0.15, -0.1) is 34.0 Å². The zero-order chi connectivity index (χ0) is 29.6. The summed E-state index contributed by atoms with van der Waals surface area (Å²) in [5, 5.41) is 0. The van der Waals surface area contributed by atoms with Crippen LogP contribution in [0.15, 0.2) is 24.3 Å². The van der Waals surface area contributed by atoms with Crippen LogP contribution in [-0.4, -0.2) is 23.0 Å². The normalized spacial score (nSPS) is 11.6. The number of ether oxygens (including phenoxy) is 2. The SMILES string of the molecule is CCCCCCc1cc(-c2ccc(-c3cc(CCCCCC)c(-c4sc(C)c(OC)c4OC)s3)c3nsnc23)sc1C. The van der Waals surface area contributed by atoms with Crippen LogP contribution in [0.5, 0.6) is 11.5 Å². The van der Waals surface area contributed by atoms with E-state index in [-0.39, 0.29) is 0 Å². The predicted octanol–water partition coefficient (Wildman–Crippen LogP) is 11.8. The third-order valence-electron chi connectivity index (χ3n) is 7.98. The van der Waals surface area contributed by atoms with Crippen molar-refractivity contribution in [2.75, 3.05) is 14.2 Å². The fourth-order valence-corrected chi connectivity index (χ4v) is 9.83. The quantitative estimate of drug-likeness (QED) is 0.107. The lowest BCUT2D eigenvalue weighted by Gasteiger charge is -2.06. The van der Waals surface area contributed by atoms with Crippen molar-refractivity contribution < 1.29 is 9.47 Å². The highest BCUT2D eigenvalue weighted by Gasteiger charge is 2.24. The number of methoxy groups -OCH3 is 2. The second kappa shape index (κ2) is 14.5. The first kappa shape index (κ1) is 31.2. The molecule has 0 bridgehead atoms. The van der Waals surface area contributed by atoms with E-state index in [1.165, 1.54) is 110 Å². The van der Waals surface area contributed by atoms with Crippen molar-refractivity contribution in [1.29, 1.82) is 0 Å². The van der Waals surface area contributed by atoms with E-state index in [0.29, 0.717) is 0 Å². The summed E-state index contributed by atoms with van der Waals surface area (Å²) in [4.78, 5) is 7.56. The minimum Gasteiger partial charge on any atom is -0.492 e. The number of aryl methyl sites for hydroxylation is 4. The second-order valence-electron chi connectivity index (χ2n) is 11.0. The molecule has 8 heteroatoms. The summed E-state index contributed by atoms with van der Waals surface area (Å²) in [6.07, 6.45) is 12.3. The highest BCUT2D eigenvalue weighted by atomic mass is 32.1.